The third-order valence-electron chi connectivity index (χ3n) is 4.28. The van der Waals surface area contributed by atoms with Gasteiger partial charge in [0, 0.05) is 17.1 Å². The van der Waals surface area contributed by atoms with E-state index in [0.717, 1.165) is 17.1 Å². The molecule has 1 saturated carbocycles. The zero-order valence-electron chi connectivity index (χ0n) is 11.6. The van der Waals surface area contributed by atoms with E-state index in [-0.39, 0.29) is 6.04 Å². The third-order valence-corrected chi connectivity index (χ3v) is 4.28. The number of nitrogens with one attached hydrogen (secondary N) is 1. The van der Waals surface area contributed by atoms with Gasteiger partial charge in [-0.25, -0.2) is 0 Å². The van der Waals surface area contributed by atoms with Crippen LogP contribution in [-0.4, -0.2) is 4.98 Å². The van der Waals surface area contributed by atoms with Crippen LogP contribution in [0.1, 0.15) is 37.1 Å². The molecular formula is C16H21N3. The summed E-state index contributed by atoms with van der Waals surface area (Å²) in [6, 6.07) is 10.9. The summed E-state index contributed by atoms with van der Waals surface area (Å²) in [7, 11) is 0. The van der Waals surface area contributed by atoms with Crippen LogP contribution in [0, 0.1) is 18.8 Å². The van der Waals surface area contributed by atoms with E-state index in [2.05, 4.69) is 47.7 Å². The van der Waals surface area contributed by atoms with Crippen molar-refractivity contribution in [2.24, 2.45) is 17.7 Å². The Labute approximate surface area is 114 Å². The molecule has 0 spiro atoms. The highest BCUT2D eigenvalue weighted by Crippen LogP contribution is 2.42. The lowest BCUT2D eigenvalue weighted by Crippen LogP contribution is -2.33. The second-order valence-electron chi connectivity index (χ2n) is 5.75. The zero-order chi connectivity index (χ0) is 13.4. The van der Waals surface area contributed by atoms with Crippen LogP contribution >= 0.6 is 0 Å². The molecule has 3 N–H and O–H groups in total. The number of hydrazine groups is 1. The van der Waals surface area contributed by atoms with Gasteiger partial charge in [0.15, 0.2) is 0 Å². The quantitative estimate of drug-likeness (QED) is 0.652. The first-order chi connectivity index (χ1) is 9.19. The molecule has 1 heterocycles. The molecule has 1 aromatic heterocycles. The third kappa shape index (κ3) is 2.48. The molecule has 1 aliphatic rings. The lowest BCUT2D eigenvalue weighted by atomic mass is 9.90. The maximum atomic E-state index is 5.77. The fraction of sp³-hybridized carbons (Fsp3) is 0.438. The molecule has 1 aliphatic carbocycles. The molecule has 1 fully saturated rings. The van der Waals surface area contributed by atoms with Gasteiger partial charge in [0.25, 0.3) is 0 Å². The van der Waals surface area contributed by atoms with Gasteiger partial charge in [-0.05, 0) is 55.4 Å². The van der Waals surface area contributed by atoms with Crippen molar-refractivity contribution in [1.82, 2.24) is 10.4 Å². The highest BCUT2D eigenvalue weighted by Gasteiger charge is 2.33. The Morgan fingerprint density at radius 3 is 2.74 bits per heavy atom. The number of hydrogen-bond donors (Lipinski definition) is 2. The smallest absolute Gasteiger partial charge is 0.0705 e. The van der Waals surface area contributed by atoms with Crippen molar-refractivity contribution in [3.05, 3.63) is 41.6 Å². The van der Waals surface area contributed by atoms with Crippen LogP contribution in [0.15, 0.2) is 30.3 Å². The molecule has 2 unspecified atom stereocenters. The molecule has 0 saturated heterocycles. The Morgan fingerprint density at radius 2 is 2.05 bits per heavy atom. The fourth-order valence-corrected chi connectivity index (χ4v) is 2.89. The molecule has 100 valence electrons. The van der Waals surface area contributed by atoms with Gasteiger partial charge in [-0.2, -0.15) is 0 Å². The van der Waals surface area contributed by atoms with Crippen molar-refractivity contribution >= 4 is 10.9 Å². The molecule has 2 atom stereocenters. The maximum absolute atomic E-state index is 5.77. The van der Waals surface area contributed by atoms with Crippen molar-refractivity contribution in [1.29, 1.82) is 0 Å². The lowest BCUT2D eigenvalue weighted by Gasteiger charge is -2.23. The number of nitrogens with two attached hydrogens (primary N) is 1. The summed E-state index contributed by atoms with van der Waals surface area (Å²) in [5, 5.41) is 1.19. The summed E-state index contributed by atoms with van der Waals surface area (Å²) in [6.45, 7) is 4.31. The molecule has 0 bridgehead atoms. The normalized spacial score (nSPS) is 18.5. The first-order valence-corrected chi connectivity index (χ1v) is 7.02. The van der Waals surface area contributed by atoms with E-state index < -0.39 is 0 Å². The minimum absolute atomic E-state index is 0.234. The summed E-state index contributed by atoms with van der Waals surface area (Å²) in [6.07, 6.45) is 2.68. The van der Waals surface area contributed by atoms with Crippen molar-refractivity contribution in [3.63, 3.8) is 0 Å². The number of hydrogen-bond acceptors (Lipinski definition) is 3. The van der Waals surface area contributed by atoms with Crippen LogP contribution in [-0.2, 0) is 0 Å². The molecule has 1 aromatic carbocycles. The molecule has 3 nitrogen and oxygen atoms in total. The molecule has 0 radical (unpaired) electrons. The summed E-state index contributed by atoms with van der Waals surface area (Å²) < 4.78 is 0. The minimum atomic E-state index is 0.234. The predicted octanol–water partition coefficient (Wildman–Crippen LogP) is 3.09. The molecule has 2 aromatic rings. The Morgan fingerprint density at radius 1 is 1.26 bits per heavy atom. The second-order valence-corrected chi connectivity index (χ2v) is 5.75. The van der Waals surface area contributed by atoms with Gasteiger partial charge >= 0.3 is 0 Å². The first-order valence-electron chi connectivity index (χ1n) is 7.02. The van der Waals surface area contributed by atoms with Gasteiger partial charge in [0.2, 0.25) is 0 Å². The van der Waals surface area contributed by atoms with Crippen LogP contribution in [0.4, 0.5) is 0 Å². The van der Waals surface area contributed by atoms with Gasteiger partial charge in [0.1, 0.15) is 0 Å². The van der Waals surface area contributed by atoms with Crippen LogP contribution in [0.5, 0.6) is 0 Å². The first kappa shape index (κ1) is 12.6. The van der Waals surface area contributed by atoms with Crippen LogP contribution in [0.25, 0.3) is 10.9 Å². The predicted molar refractivity (Wildman–Crippen MR) is 78.4 cm³/mol. The summed E-state index contributed by atoms with van der Waals surface area (Å²) >= 11 is 0. The average molecular weight is 255 g/mol. The maximum Gasteiger partial charge on any atom is 0.0705 e. The van der Waals surface area contributed by atoms with E-state index >= 15 is 0 Å². The monoisotopic (exact) mass is 255 g/mol. The topological polar surface area (TPSA) is 50.9 Å². The Hall–Kier alpha value is -1.45. The van der Waals surface area contributed by atoms with Gasteiger partial charge in [-0.15, -0.1) is 0 Å². The molecular weight excluding hydrogens is 234 g/mol. The van der Waals surface area contributed by atoms with Gasteiger partial charge in [-0.1, -0.05) is 19.1 Å². The molecule has 0 aliphatic heterocycles. The zero-order valence-corrected chi connectivity index (χ0v) is 11.6. The van der Waals surface area contributed by atoms with Crippen LogP contribution < -0.4 is 11.3 Å². The average Bonchev–Trinajstić information content (AvgIpc) is 3.24. The molecule has 3 rings (SSSR count). The summed E-state index contributed by atoms with van der Waals surface area (Å²) in [5.74, 6) is 7.18. The fourth-order valence-electron chi connectivity index (χ4n) is 2.89. The van der Waals surface area contributed by atoms with E-state index in [9.17, 15) is 0 Å². The van der Waals surface area contributed by atoms with E-state index in [4.69, 9.17) is 5.84 Å². The Bertz CT molecular complexity index is 590. The number of aryl methyl sites for hydroxylation is 1. The standard InChI is InChI=1S/C16H21N3/c1-10-3-4-13-9-14(7-8-15(13)18-10)16(19-17)11(2)12-5-6-12/h3-4,7-9,11-12,16,19H,5-6,17H2,1-2H3. The molecule has 0 amide bonds. The Balaban J connectivity index is 1.96. The number of benzene rings is 1. The van der Waals surface area contributed by atoms with E-state index in [0.29, 0.717) is 5.92 Å². The van der Waals surface area contributed by atoms with Crippen molar-refractivity contribution in [3.8, 4) is 0 Å². The number of nitrogens with zero attached hydrogens (tertiary/aromatic N) is 1. The minimum Gasteiger partial charge on any atom is -0.271 e. The summed E-state index contributed by atoms with van der Waals surface area (Å²) in [4.78, 5) is 4.54. The number of pyridine rings is 1. The number of fused-ring (bicyclic) bond motifs is 1. The van der Waals surface area contributed by atoms with E-state index in [1.807, 2.05) is 6.92 Å². The molecule has 3 heteroatoms. The SMILES string of the molecule is Cc1ccc2cc(C(NN)C(C)C3CC3)ccc2n1. The summed E-state index contributed by atoms with van der Waals surface area (Å²) in [5.41, 5.74) is 6.37. The van der Waals surface area contributed by atoms with Crippen molar-refractivity contribution in [2.45, 2.75) is 32.7 Å². The van der Waals surface area contributed by atoms with E-state index in [1.165, 1.54) is 23.8 Å². The van der Waals surface area contributed by atoms with E-state index in [1.54, 1.807) is 0 Å². The highest BCUT2D eigenvalue weighted by molar-refractivity contribution is 5.79. The largest absolute Gasteiger partial charge is 0.271 e. The van der Waals surface area contributed by atoms with Crippen molar-refractivity contribution in [2.75, 3.05) is 0 Å². The Kier molecular flexibility index (Phi) is 3.25. The van der Waals surface area contributed by atoms with Crippen LogP contribution in [0.3, 0.4) is 0 Å². The van der Waals surface area contributed by atoms with Gasteiger partial charge < -0.3 is 0 Å². The second kappa shape index (κ2) is 4.91. The number of aromatic nitrogens is 1. The van der Waals surface area contributed by atoms with Crippen LogP contribution in [0.2, 0.25) is 0 Å². The highest BCUT2D eigenvalue weighted by atomic mass is 15.2. The number of rotatable bonds is 4. The van der Waals surface area contributed by atoms with Gasteiger partial charge in [-0.3, -0.25) is 16.3 Å². The lowest BCUT2D eigenvalue weighted by molar-refractivity contribution is 0.354. The molecule has 19 heavy (non-hydrogen) atoms. The van der Waals surface area contributed by atoms with Crippen molar-refractivity contribution < 1.29 is 0 Å². The van der Waals surface area contributed by atoms with Gasteiger partial charge in [0.05, 0.1) is 5.52 Å².